The molecule has 226 valence electrons. The van der Waals surface area contributed by atoms with Crippen LogP contribution in [0.5, 0.6) is 0 Å². The van der Waals surface area contributed by atoms with E-state index in [9.17, 15) is 0 Å². The van der Waals surface area contributed by atoms with E-state index < -0.39 is 26.2 Å². The zero-order valence-corrected chi connectivity index (χ0v) is 28.1. The van der Waals surface area contributed by atoms with Gasteiger partial charge in [-0.2, -0.15) is 8.42 Å². The summed E-state index contributed by atoms with van der Waals surface area (Å²) in [6, 6.07) is 65.0. The van der Waals surface area contributed by atoms with Crippen LogP contribution in [0.25, 0.3) is 0 Å². The van der Waals surface area contributed by atoms with Crippen molar-refractivity contribution in [2.45, 2.75) is 0 Å². The fourth-order valence-electron chi connectivity index (χ4n) is 4.63. The molecule has 0 unspecified atom stereocenters. The van der Waals surface area contributed by atoms with Crippen molar-refractivity contribution in [3.8, 4) is 0 Å². The molecule has 0 atom stereocenters. The third kappa shape index (κ3) is 11.7. The first-order valence-corrected chi connectivity index (χ1v) is 18.1. The maximum atomic E-state index is 8.74. The van der Waals surface area contributed by atoms with Crippen molar-refractivity contribution < 1.29 is 37.9 Å². The minimum atomic E-state index is -4.67. The molecule has 6 aromatic rings. The number of benzene rings is 6. The number of hydrogen-bond acceptors (Lipinski definition) is 2. The molecular formula is C36H34O4P2PdS+2. The predicted octanol–water partition coefficient (Wildman–Crippen LogP) is 5.70. The molecule has 0 aliphatic heterocycles. The van der Waals surface area contributed by atoms with Crippen LogP contribution in [0.2, 0.25) is 0 Å². The molecule has 0 bridgehead atoms. The van der Waals surface area contributed by atoms with Gasteiger partial charge in [-0.1, -0.05) is 109 Å². The zero-order chi connectivity index (χ0) is 30.3. The van der Waals surface area contributed by atoms with E-state index in [0.717, 1.165) is 0 Å². The Hall–Kier alpha value is -3.29. The predicted molar refractivity (Wildman–Crippen MR) is 187 cm³/mol. The van der Waals surface area contributed by atoms with Crippen LogP contribution in [0.1, 0.15) is 0 Å². The van der Waals surface area contributed by atoms with Crippen LogP contribution in [-0.2, 0) is 30.8 Å². The van der Waals surface area contributed by atoms with Gasteiger partial charge in [0.15, 0.2) is 0 Å². The van der Waals surface area contributed by atoms with Crippen molar-refractivity contribution in [3.63, 3.8) is 0 Å². The van der Waals surface area contributed by atoms with E-state index in [1.165, 1.54) is 31.8 Å². The molecule has 0 aromatic heterocycles. The zero-order valence-electron chi connectivity index (χ0n) is 23.8. The van der Waals surface area contributed by atoms with Crippen LogP contribution in [0.4, 0.5) is 0 Å². The van der Waals surface area contributed by atoms with Crippen molar-refractivity contribution in [1.82, 2.24) is 0 Å². The summed E-state index contributed by atoms with van der Waals surface area (Å²) in [7, 11) is -6.42. The van der Waals surface area contributed by atoms with E-state index in [2.05, 4.69) is 182 Å². The third-order valence-corrected chi connectivity index (χ3v) is 11.8. The van der Waals surface area contributed by atoms with Crippen LogP contribution in [-0.4, -0.2) is 17.5 Å². The molecule has 0 saturated heterocycles. The Kier molecular flexibility index (Phi) is 14.8. The Morgan fingerprint density at radius 1 is 0.318 bits per heavy atom. The van der Waals surface area contributed by atoms with E-state index in [-0.39, 0.29) is 20.4 Å². The van der Waals surface area contributed by atoms with Crippen LogP contribution in [0.3, 0.4) is 0 Å². The molecule has 44 heavy (non-hydrogen) atoms. The van der Waals surface area contributed by atoms with Crippen LogP contribution in [0, 0.1) is 0 Å². The molecule has 0 radical (unpaired) electrons. The summed E-state index contributed by atoms with van der Waals surface area (Å²) in [6.07, 6.45) is 0. The molecule has 0 amide bonds. The van der Waals surface area contributed by atoms with Gasteiger partial charge in [-0.3, -0.25) is 9.11 Å². The van der Waals surface area contributed by atoms with E-state index in [1.54, 1.807) is 0 Å². The van der Waals surface area contributed by atoms with E-state index in [1.807, 2.05) is 0 Å². The first kappa shape index (κ1) is 35.2. The van der Waals surface area contributed by atoms with E-state index >= 15 is 0 Å². The van der Waals surface area contributed by atoms with Crippen molar-refractivity contribution >= 4 is 58.1 Å². The summed E-state index contributed by atoms with van der Waals surface area (Å²) in [5.74, 6) is 0. The molecule has 0 fully saturated rings. The summed E-state index contributed by atoms with van der Waals surface area (Å²) in [5, 5.41) is 8.61. The van der Waals surface area contributed by atoms with Gasteiger partial charge in [-0.25, -0.2) is 0 Å². The SMILES string of the molecule is O=S(=O)(O)O.[Pd].c1ccc([PH+](c2ccccc2)c2ccccc2)cc1.c1ccc([PH+](c2ccccc2)c2ccccc2)cc1. The van der Waals surface area contributed by atoms with Crippen molar-refractivity contribution in [2.75, 3.05) is 0 Å². The van der Waals surface area contributed by atoms with Crippen LogP contribution in [0.15, 0.2) is 182 Å². The van der Waals surface area contributed by atoms with Crippen LogP contribution < -0.4 is 31.8 Å². The molecule has 0 heterocycles. The molecular weight excluding hydrogens is 697 g/mol. The Morgan fingerprint density at radius 3 is 0.545 bits per heavy atom. The van der Waals surface area contributed by atoms with Gasteiger partial charge in [0.05, 0.1) is 15.8 Å². The Balaban J connectivity index is 0.000000205. The summed E-state index contributed by atoms with van der Waals surface area (Å²) in [4.78, 5) is 0. The molecule has 6 aromatic carbocycles. The molecule has 4 nitrogen and oxygen atoms in total. The average molecular weight is 731 g/mol. The first-order chi connectivity index (χ1) is 20.9. The largest absolute Gasteiger partial charge is 0.394 e. The molecule has 6 rings (SSSR count). The van der Waals surface area contributed by atoms with Crippen molar-refractivity contribution in [2.24, 2.45) is 0 Å². The van der Waals surface area contributed by atoms with Gasteiger partial charge in [-0.15, -0.1) is 0 Å². The normalized spacial score (nSPS) is 10.5. The second-order valence-corrected chi connectivity index (χ2v) is 15.3. The van der Waals surface area contributed by atoms with Gasteiger partial charge < -0.3 is 0 Å². The first-order valence-electron chi connectivity index (χ1n) is 13.7. The minimum Gasteiger partial charge on any atom is -0.264 e. The second-order valence-electron chi connectivity index (χ2n) is 9.39. The summed E-state index contributed by atoms with van der Waals surface area (Å²) in [5.41, 5.74) is 0. The standard InChI is InChI=1S/2C18H15P.H2O4S.Pd/c2*1-4-10-16(11-5-1)19(17-12-6-2-7-13-17)18-14-8-3-9-15-18;1-5(2,3)4;/h2*1-15H;(H2,1,2,3,4);/p+2. The number of hydrogen-bond donors (Lipinski definition) is 2. The molecule has 0 saturated carbocycles. The summed E-state index contributed by atoms with van der Waals surface area (Å²) < 4.78 is 31.6. The van der Waals surface area contributed by atoms with Gasteiger partial charge in [0.2, 0.25) is 0 Å². The molecule has 0 spiro atoms. The maximum absolute atomic E-state index is 8.74. The maximum Gasteiger partial charge on any atom is 0.394 e. The van der Waals surface area contributed by atoms with Crippen molar-refractivity contribution in [1.29, 1.82) is 0 Å². The van der Waals surface area contributed by atoms with Gasteiger partial charge >= 0.3 is 10.4 Å². The fraction of sp³-hybridized carbons (Fsp3) is 0. The van der Waals surface area contributed by atoms with E-state index in [4.69, 9.17) is 17.5 Å². The average Bonchev–Trinajstić information content (AvgIpc) is 3.04. The Morgan fingerprint density at radius 2 is 0.432 bits per heavy atom. The Bertz CT molecular complexity index is 1420. The van der Waals surface area contributed by atoms with Gasteiger partial charge in [0.25, 0.3) is 0 Å². The quantitative estimate of drug-likeness (QED) is 0.131. The van der Waals surface area contributed by atoms with Crippen molar-refractivity contribution in [3.05, 3.63) is 182 Å². The molecule has 8 heteroatoms. The molecule has 0 aliphatic rings. The van der Waals surface area contributed by atoms with Crippen LogP contribution >= 0.6 is 15.8 Å². The Labute approximate surface area is 276 Å². The monoisotopic (exact) mass is 730 g/mol. The smallest absolute Gasteiger partial charge is 0.264 e. The molecule has 0 aliphatic carbocycles. The van der Waals surface area contributed by atoms with Gasteiger partial charge in [0.1, 0.15) is 31.8 Å². The van der Waals surface area contributed by atoms with E-state index in [0.29, 0.717) is 0 Å². The summed E-state index contributed by atoms with van der Waals surface area (Å²) in [6.45, 7) is 0. The number of rotatable bonds is 6. The molecule has 2 N–H and O–H groups in total. The van der Waals surface area contributed by atoms with Gasteiger partial charge in [0, 0.05) is 20.4 Å². The van der Waals surface area contributed by atoms with Gasteiger partial charge in [-0.05, 0) is 72.8 Å². The summed E-state index contributed by atoms with van der Waals surface area (Å²) >= 11 is 0. The second kappa shape index (κ2) is 18.5. The minimum absolute atomic E-state index is 0. The fourth-order valence-corrected chi connectivity index (χ4v) is 9.78. The topological polar surface area (TPSA) is 74.6 Å². The third-order valence-electron chi connectivity index (χ3n) is 6.37.